The normalized spacial score (nSPS) is 17.6. The summed E-state index contributed by atoms with van der Waals surface area (Å²) in [5, 5.41) is 4.76. The third kappa shape index (κ3) is 2.23. The molecule has 1 aliphatic carbocycles. The summed E-state index contributed by atoms with van der Waals surface area (Å²) in [5.74, 6) is 0.695. The molecule has 0 spiro atoms. The van der Waals surface area contributed by atoms with E-state index in [9.17, 15) is 0 Å². The second kappa shape index (κ2) is 4.87. The Bertz CT molecular complexity index is 543. The van der Waals surface area contributed by atoms with Gasteiger partial charge in [-0.05, 0) is 31.4 Å². The molecule has 0 saturated heterocycles. The zero-order valence-electron chi connectivity index (χ0n) is 10.3. The van der Waals surface area contributed by atoms with Crippen molar-refractivity contribution in [1.29, 1.82) is 0 Å². The third-order valence-corrected chi connectivity index (χ3v) is 4.38. The summed E-state index contributed by atoms with van der Waals surface area (Å²) >= 11 is 6.04. The van der Waals surface area contributed by atoms with Crippen molar-refractivity contribution in [3.63, 3.8) is 0 Å². The van der Waals surface area contributed by atoms with Crippen LogP contribution in [0.5, 0.6) is 0 Å². The van der Waals surface area contributed by atoms with Crippen molar-refractivity contribution in [1.82, 2.24) is 10.3 Å². The lowest BCUT2D eigenvalue weighted by molar-refractivity contribution is 0.210. The zero-order chi connectivity index (χ0) is 12.4. The lowest BCUT2D eigenvalue weighted by Gasteiger charge is -2.41. The van der Waals surface area contributed by atoms with E-state index >= 15 is 0 Å². The number of pyridine rings is 1. The first-order valence-corrected chi connectivity index (χ1v) is 7.00. The molecule has 1 N–H and O–H groups in total. The van der Waals surface area contributed by atoms with Crippen molar-refractivity contribution >= 4 is 22.5 Å². The molecule has 2 aromatic rings. The van der Waals surface area contributed by atoms with Gasteiger partial charge >= 0.3 is 0 Å². The van der Waals surface area contributed by atoms with Gasteiger partial charge in [-0.25, -0.2) is 0 Å². The molecule has 1 saturated carbocycles. The van der Waals surface area contributed by atoms with Gasteiger partial charge in [-0.2, -0.15) is 0 Å². The molecule has 3 heteroatoms. The molecule has 1 aliphatic rings. The SMILES string of the molecule is ClCC1(NCc2ccc3ccccc3n2)CCC1. The van der Waals surface area contributed by atoms with Gasteiger partial charge in [-0.3, -0.25) is 4.98 Å². The van der Waals surface area contributed by atoms with E-state index in [1.807, 2.05) is 12.1 Å². The Kier molecular flexibility index (Phi) is 3.23. The number of para-hydroxylation sites is 1. The van der Waals surface area contributed by atoms with Crippen LogP contribution in [-0.4, -0.2) is 16.4 Å². The highest BCUT2D eigenvalue weighted by molar-refractivity contribution is 6.18. The van der Waals surface area contributed by atoms with E-state index in [1.54, 1.807) is 0 Å². The van der Waals surface area contributed by atoms with Gasteiger partial charge < -0.3 is 5.32 Å². The van der Waals surface area contributed by atoms with Gasteiger partial charge in [0.15, 0.2) is 0 Å². The maximum absolute atomic E-state index is 6.04. The van der Waals surface area contributed by atoms with Crippen molar-refractivity contribution in [2.75, 3.05) is 5.88 Å². The van der Waals surface area contributed by atoms with E-state index < -0.39 is 0 Å². The van der Waals surface area contributed by atoms with Gasteiger partial charge in [0, 0.05) is 23.3 Å². The minimum Gasteiger partial charge on any atom is -0.304 e. The summed E-state index contributed by atoms with van der Waals surface area (Å²) in [5.41, 5.74) is 2.31. The topological polar surface area (TPSA) is 24.9 Å². The van der Waals surface area contributed by atoms with Crippen LogP contribution in [0.3, 0.4) is 0 Å². The molecule has 1 aromatic carbocycles. The number of hydrogen-bond acceptors (Lipinski definition) is 2. The third-order valence-electron chi connectivity index (χ3n) is 3.87. The minimum absolute atomic E-state index is 0.162. The van der Waals surface area contributed by atoms with Crippen molar-refractivity contribution < 1.29 is 0 Å². The van der Waals surface area contributed by atoms with Crippen LogP contribution in [0.15, 0.2) is 36.4 Å². The first kappa shape index (κ1) is 11.9. The molecule has 1 aromatic heterocycles. The Balaban J connectivity index is 1.74. The summed E-state index contributed by atoms with van der Waals surface area (Å²) in [6, 6.07) is 12.4. The van der Waals surface area contributed by atoms with Gasteiger partial charge in [0.25, 0.3) is 0 Å². The number of fused-ring (bicyclic) bond motifs is 1. The predicted molar refractivity (Wildman–Crippen MR) is 75.9 cm³/mol. The summed E-state index contributed by atoms with van der Waals surface area (Å²) in [7, 11) is 0. The first-order valence-electron chi connectivity index (χ1n) is 6.47. The first-order chi connectivity index (χ1) is 8.81. The van der Waals surface area contributed by atoms with E-state index in [1.165, 1.54) is 24.6 Å². The lowest BCUT2D eigenvalue weighted by atomic mass is 9.78. The number of benzene rings is 1. The smallest absolute Gasteiger partial charge is 0.0705 e. The molecule has 2 nitrogen and oxygen atoms in total. The standard InChI is InChI=1S/C15H17ClN2/c16-11-15(8-3-9-15)17-10-13-7-6-12-4-1-2-5-14(12)18-13/h1-2,4-7,17H,3,8-11H2. The number of nitrogens with one attached hydrogen (secondary N) is 1. The van der Waals surface area contributed by atoms with Crippen molar-refractivity contribution in [2.24, 2.45) is 0 Å². The van der Waals surface area contributed by atoms with Crippen LogP contribution >= 0.6 is 11.6 Å². The fourth-order valence-electron chi connectivity index (χ4n) is 2.45. The summed E-state index contributed by atoms with van der Waals surface area (Å²) in [6.45, 7) is 0.803. The summed E-state index contributed by atoms with van der Waals surface area (Å²) in [6.07, 6.45) is 3.65. The molecule has 0 unspecified atom stereocenters. The quantitative estimate of drug-likeness (QED) is 0.852. The van der Waals surface area contributed by atoms with Gasteiger partial charge in [0.1, 0.15) is 0 Å². The number of aromatic nitrogens is 1. The number of halogens is 1. The largest absolute Gasteiger partial charge is 0.304 e. The van der Waals surface area contributed by atoms with E-state index in [2.05, 4.69) is 34.6 Å². The maximum Gasteiger partial charge on any atom is 0.0705 e. The van der Waals surface area contributed by atoms with E-state index in [0.29, 0.717) is 5.88 Å². The van der Waals surface area contributed by atoms with Gasteiger partial charge in [-0.1, -0.05) is 24.3 Å². The highest BCUT2D eigenvalue weighted by Gasteiger charge is 2.35. The van der Waals surface area contributed by atoms with Crippen LogP contribution in [0.2, 0.25) is 0 Å². The van der Waals surface area contributed by atoms with Crippen LogP contribution in [-0.2, 0) is 6.54 Å². The molecule has 1 fully saturated rings. The molecule has 0 amide bonds. The lowest BCUT2D eigenvalue weighted by Crippen LogP contribution is -2.52. The summed E-state index contributed by atoms with van der Waals surface area (Å²) in [4.78, 5) is 4.67. The highest BCUT2D eigenvalue weighted by atomic mass is 35.5. The van der Waals surface area contributed by atoms with Crippen molar-refractivity contribution in [2.45, 2.75) is 31.3 Å². The van der Waals surface area contributed by atoms with Gasteiger partial charge in [0.2, 0.25) is 0 Å². The Hall–Kier alpha value is -1.12. The molecule has 0 radical (unpaired) electrons. The molecule has 0 atom stereocenters. The number of hydrogen-bond donors (Lipinski definition) is 1. The van der Waals surface area contributed by atoms with E-state index in [-0.39, 0.29) is 5.54 Å². The second-order valence-electron chi connectivity index (χ2n) is 5.12. The minimum atomic E-state index is 0.162. The van der Waals surface area contributed by atoms with Crippen molar-refractivity contribution in [3.05, 3.63) is 42.1 Å². The molecule has 18 heavy (non-hydrogen) atoms. The highest BCUT2D eigenvalue weighted by Crippen LogP contribution is 2.33. The molecule has 1 heterocycles. The number of rotatable bonds is 4. The Morgan fingerprint density at radius 1 is 1.17 bits per heavy atom. The van der Waals surface area contributed by atoms with Crippen LogP contribution in [0.1, 0.15) is 25.0 Å². The molecule has 3 rings (SSSR count). The second-order valence-corrected chi connectivity index (χ2v) is 5.38. The maximum atomic E-state index is 6.04. The van der Waals surface area contributed by atoms with E-state index in [0.717, 1.165) is 17.8 Å². The fraction of sp³-hybridized carbons (Fsp3) is 0.400. The Morgan fingerprint density at radius 2 is 2.00 bits per heavy atom. The molecule has 0 aliphatic heterocycles. The predicted octanol–water partition coefficient (Wildman–Crippen LogP) is 3.49. The zero-order valence-corrected chi connectivity index (χ0v) is 11.1. The molecular weight excluding hydrogens is 244 g/mol. The molecule has 94 valence electrons. The Labute approximate surface area is 112 Å². The summed E-state index contributed by atoms with van der Waals surface area (Å²) < 4.78 is 0. The fourth-order valence-corrected chi connectivity index (χ4v) is 2.81. The van der Waals surface area contributed by atoms with Crippen LogP contribution in [0.4, 0.5) is 0 Å². The van der Waals surface area contributed by atoms with Crippen molar-refractivity contribution in [3.8, 4) is 0 Å². The average Bonchev–Trinajstić information content (AvgIpc) is 2.38. The molecular formula is C15H17ClN2. The monoisotopic (exact) mass is 260 g/mol. The van der Waals surface area contributed by atoms with Gasteiger partial charge in [0.05, 0.1) is 11.2 Å². The van der Waals surface area contributed by atoms with Crippen LogP contribution in [0.25, 0.3) is 10.9 Å². The number of alkyl halides is 1. The van der Waals surface area contributed by atoms with Gasteiger partial charge in [-0.15, -0.1) is 11.6 Å². The molecule has 0 bridgehead atoms. The number of nitrogens with zero attached hydrogens (tertiary/aromatic N) is 1. The van der Waals surface area contributed by atoms with Crippen LogP contribution in [0, 0.1) is 0 Å². The average molecular weight is 261 g/mol. The van der Waals surface area contributed by atoms with Crippen LogP contribution < -0.4 is 5.32 Å². The van der Waals surface area contributed by atoms with E-state index in [4.69, 9.17) is 11.6 Å². The Morgan fingerprint density at radius 3 is 2.72 bits per heavy atom.